The van der Waals surface area contributed by atoms with Crippen molar-refractivity contribution in [1.82, 2.24) is 0 Å². The van der Waals surface area contributed by atoms with Crippen LogP contribution in [0, 0.1) is 6.92 Å². The summed E-state index contributed by atoms with van der Waals surface area (Å²) in [7, 11) is 1.56. The van der Waals surface area contributed by atoms with Crippen LogP contribution in [0.2, 0.25) is 0 Å². The Hall–Kier alpha value is -4.06. The molecule has 3 aromatic rings. The molecule has 4 rings (SSSR count). The van der Waals surface area contributed by atoms with Crippen molar-refractivity contribution < 1.29 is 24.2 Å². The summed E-state index contributed by atoms with van der Waals surface area (Å²) in [6.07, 6.45) is 0.886. The number of carbonyl (C=O) groups is 2. The van der Waals surface area contributed by atoms with Gasteiger partial charge < -0.3 is 14.6 Å². The number of ether oxygens (including phenoxy) is 2. The highest BCUT2D eigenvalue weighted by Crippen LogP contribution is 2.43. The Morgan fingerprint density at radius 3 is 2.26 bits per heavy atom. The van der Waals surface area contributed by atoms with Gasteiger partial charge in [0.2, 0.25) is 0 Å². The van der Waals surface area contributed by atoms with Gasteiger partial charge in [0.1, 0.15) is 17.3 Å². The maximum absolute atomic E-state index is 13.3. The minimum absolute atomic E-state index is 0.0457. The summed E-state index contributed by atoms with van der Waals surface area (Å²) >= 11 is 0. The van der Waals surface area contributed by atoms with E-state index < -0.39 is 17.7 Å². The number of benzene rings is 3. The molecule has 1 amide bonds. The Labute approximate surface area is 199 Å². The molecule has 0 aromatic heterocycles. The molecule has 174 valence electrons. The fourth-order valence-corrected chi connectivity index (χ4v) is 4.14. The molecule has 6 nitrogen and oxygen atoms in total. The van der Waals surface area contributed by atoms with E-state index in [2.05, 4.69) is 0 Å². The molecule has 1 unspecified atom stereocenters. The fourth-order valence-electron chi connectivity index (χ4n) is 4.14. The summed E-state index contributed by atoms with van der Waals surface area (Å²) in [6.45, 7) is 4.45. The molecule has 1 aliphatic heterocycles. The first-order valence-electron chi connectivity index (χ1n) is 11.2. The molecule has 34 heavy (non-hydrogen) atoms. The predicted molar refractivity (Wildman–Crippen MR) is 131 cm³/mol. The predicted octanol–water partition coefficient (Wildman–Crippen LogP) is 5.42. The first-order valence-corrected chi connectivity index (χ1v) is 11.2. The average Bonchev–Trinajstić information content (AvgIpc) is 3.13. The molecule has 1 aliphatic rings. The van der Waals surface area contributed by atoms with Crippen molar-refractivity contribution in [2.75, 3.05) is 18.6 Å². The normalized spacial score (nSPS) is 17.1. The molecule has 1 heterocycles. The van der Waals surface area contributed by atoms with E-state index in [1.54, 1.807) is 49.6 Å². The first-order chi connectivity index (χ1) is 16.5. The SMILES string of the molecule is CCCOc1ccc(C2/C(=C(/O)c3ccc(OC)cc3C)C(=O)C(=O)N2c2ccccc2)cc1. The lowest BCUT2D eigenvalue weighted by Gasteiger charge is -2.25. The number of nitrogens with zero attached hydrogens (tertiary/aromatic N) is 1. The smallest absolute Gasteiger partial charge is 0.300 e. The zero-order valence-electron chi connectivity index (χ0n) is 19.4. The number of amides is 1. The highest BCUT2D eigenvalue weighted by Gasteiger charge is 2.47. The summed E-state index contributed by atoms with van der Waals surface area (Å²) in [5.74, 6) is -0.289. The van der Waals surface area contributed by atoms with Crippen molar-refractivity contribution in [2.24, 2.45) is 0 Å². The first kappa shape index (κ1) is 23.1. The number of rotatable bonds is 7. The fraction of sp³-hybridized carbons (Fsp3) is 0.214. The van der Waals surface area contributed by atoms with Gasteiger partial charge in [-0.15, -0.1) is 0 Å². The molecule has 3 aromatic carbocycles. The van der Waals surface area contributed by atoms with Crippen LogP contribution in [0.1, 0.15) is 36.1 Å². The largest absolute Gasteiger partial charge is 0.507 e. The molecule has 0 saturated carbocycles. The Morgan fingerprint density at radius 2 is 1.65 bits per heavy atom. The van der Waals surface area contributed by atoms with E-state index in [-0.39, 0.29) is 11.3 Å². The van der Waals surface area contributed by atoms with Crippen LogP contribution in [0.5, 0.6) is 11.5 Å². The molecule has 0 aliphatic carbocycles. The topological polar surface area (TPSA) is 76.1 Å². The standard InChI is InChI=1S/C28H27NO5/c1-4-16-34-21-12-10-19(11-13-21)25-24(26(30)23-15-14-22(33-3)17-18(23)2)27(31)28(32)29(25)20-8-6-5-7-9-20/h5-15,17,25,30H,4,16H2,1-3H3/b26-24-. The van der Waals surface area contributed by atoms with Gasteiger partial charge in [0.25, 0.3) is 11.7 Å². The number of aryl methyl sites for hydroxylation is 1. The number of Topliss-reactive ketones (excluding diaryl/α,β-unsaturated/α-hetero) is 1. The summed E-state index contributed by atoms with van der Waals surface area (Å²) in [6, 6.07) is 20.7. The number of aliphatic hydroxyl groups is 1. The van der Waals surface area contributed by atoms with E-state index in [4.69, 9.17) is 9.47 Å². The van der Waals surface area contributed by atoms with Crippen LogP contribution < -0.4 is 14.4 Å². The van der Waals surface area contributed by atoms with Crippen LogP contribution in [0.15, 0.2) is 78.4 Å². The Balaban J connectivity index is 1.87. The lowest BCUT2D eigenvalue weighted by molar-refractivity contribution is -0.132. The molecule has 1 fully saturated rings. The molecule has 0 bridgehead atoms. The molecule has 1 N–H and O–H groups in total. The average molecular weight is 458 g/mol. The second-order valence-corrected chi connectivity index (χ2v) is 8.10. The van der Waals surface area contributed by atoms with Crippen molar-refractivity contribution in [3.05, 3.63) is 95.1 Å². The van der Waals surface area contributed by atoms with E-state index in [1.165, 1.54) is 4.90 Å². The lowest BCUT2D eigenvalue weighted by Crippen LogP contribution is -2.29. The van der Waals surface area contributed by atoms with Gasteiger partial charge in [0, 0.05) is 11.3 Å². The highest BCUT2D eigenvalue weighted by molar-refractivity contribution is 6.51. The number of carbonyl (C=O) groups excluding carboxylic acids is 2. The summed E-state index contributed by atoms with van der Waals surface area (Å²) in [5.41, 5.74) is 2.51. The minimum atomic E-state index is -0.788. The van der Waals surface area contributed by atoms with Gasteiger partial charge in [-0.1, -0.05) is 37.3 Å². The second-order valence-electron chi connectivity index (χ2n) is 8.10. The van der Waals surface area contributed by atoms with Crippen LogP contribution >= 0.6 is 0 Å². The maximum atomic E-state index is 13.3. The van der Waals surface area contributed by atoms with Gasteiger partial charge in [-0.2, -0.15) is 0 Å². The molecular weight excluding hydrogens is 430 g/mol. The van der Waals surface area contributed by atoms with Crippen LogP contribution in [-0.4, -0.2) is 30.5 Å². The third kappa shape index (κ3) is 4.27. The Kier molecular flexibility index (Phi) is 6.68. The van der Waals surface area contributed by atoms with E-state index in [0.717, 1.165) is 12.0 Å². The number of aliphatic hydroxyl groups excluding tert-OH is 1. The van der Waals surface area contributed by atoms with E-state index in [9.17, 15) is 14.7 Å². The second kappa shape index (κ2) is 9.83. The quantitative estimate of drug-likeness (QED) is 0.291. The van der Waals surface area contributed by atoms with Crippen LogP contribution in [0.4, 0.5) is 5.69 Å². The van der Waals surface area contributed by atoms with Crippen LogP contribution in [0.3, 0.4) is 0 Å². The van der Waals surface area contributed by atoms with Crippen molar-refractivity contribution in [3.8, 4) is 11.5 Å². The van der Waals surface area contributed by atoms with Crippen molar-refractivity contribution >= 4 is 23.1 Å². The molecule has 0 spiro atoms. The van der Waals surface area contributed by atoms with Gasteiger partial charge >= 0.3 is 0 Å². The number of para-hydroxylation sites is 1. The van der Waals surface area contributed by atoms with Gasteiger partial charge in [0.05, 0.1) is 25.3 Å². The third-order valence-corrected chi connectivity index (χ3v) is 5.84. The van der Waals surface area contributed by atoms with Crippen molar-refractivity contribution in [2.45, 2.75) is 26.3 Å². The minimum Gasteiger partial charge on any atom is -0.507 e. The van der Waals surface area contributed by atoms with E-state index >= 15 is 0 Å². The lowest BCUT2D eigenvalue weighted by atomic mass is 9.93. The zero-order chi connectivity index (χ0) is 24.2. The van der Waals surface area contributed by atoms with Crippen molar-refractivity contribution in [1.29, 1.82) is 0 Å². The van der Waals surface area contributed by atoms with E-state index in [0.29, 0.717) is 34.9 Å². The number of hydrogen-bond acceptors (Lipinski definition) is 5. The van der Waals surface area contributed by atoms with Crippen molar-refractivity contribution in [3.63, 3.8) is 0 Å². The number of methoxy groups -OCH3 is 1. The zero-order valence-corrected chi connectivity index (χ0v) is 19.4. The summed E-state index contributed by atoms with van der Waals surface area (Å²) < 4.78 is 10.9. The number of hydrogen-bond donors (Lipinski definition) is 1. The van der Waals surface area contributed by atoms with Gasteiger partial charge in [-0.3, -0.25) is 14.5 Å². The molecule has 1 atom stereocenters. The molecule has 0 radical (unpaired) electrons. The number of anilines is 1. The monoisotopic (exact) mass is 457 g/mol. The molecular formula is C28H27NO5. The summed E-state index contributed by atoms with van der Waals surface area (Å²) in [4.78, 5) is 27.9. The van der Waals surface area contributed by atoms with E-state index in [1.807, 2.05) is 44.2 Å². The molecule has 6 heteroatoms. The van der Waals surface area contributed by atoms with Gasteiger partial charge in [0.15, 0.2) is 0 Å². The van der Waals surface area contributed by atoms with Crippen LogP contribution in [0.25, 0.3) is 5.76 Å². The van der Waals surface area contributed by atoms with Crippen LogP contribution in [-0.2, 0) is 9.59 Å². The number of ketones is 1. The Bertz CT molecular complexity index is 1230. The maximum Gasteiger partial charge on any atom is 0.300 e. The summed E-state index contributed by atoms with van der Waals surface area (Å²) in [5, 5.41) is 11.3. The third-order valence-electron chi connectivity index (χ3n) is 5.84. The van der Waals surface area contributed by atoms with Gasteiger partial charge in [-0.05, 0) is 66.9 Å². The van der Waals surface area contributed by atoms with Gasteiger partial charge in [-0.25, -0.2) is 0 Å². The highest BCUT2D eigenvalue weighted by atomic mass is 16.5. The molecule has 1 saturated heterocycles. The Morgan fingerprint density at radius 1 is 0.971 bits per heavy atom.